The van der Waals surface area contributed by atoms with Crippen molar-refractivity contribution in [3.8, 4) is 17.2 Å². The van der Waals surface area contributed by atoms with E-state index in [0.29, 0.717) is 24.4 Å². The predicted octanol–water partition coefficient (Wildman–Crippen LogP) is 3.48. The number of methoxy groups -OCH3 is 3. The third-order valence-electron chi connectivity index (χ3n) is 4.55. The number of esters is 1. The number of likely N-dealkylation sites (N-methyl/N-ethyl adjacent to an activating group) is 1. The van der Waals surface area contributed by atoms with Gasteiger partial charge in [0.1, 0.15) is 5.56 Å². The minimum Gasteiger partial charge on any atom is -0.493 e. The molecule has 0 unspecified atom stereocenters. The third-order valence-corrected chi connectivity index (χ3v) is 4.55. The number of amides is 1. The molecule has 0 fully saturated rings. The molecule has 0 saturated heterocycles. The fourth-order valence-electron chi connectivity index (χ4n) is 3.02. The topological polar surface area (TPSA) is 74.3 Å². The van der Waals surface area contributed by atoms with Crippen molar-refractivity contribution in [1.29, 1.82) is 0 Å². The Labute approximate surface area is 171 Å². The van der Waals surface area contributed by atoms with Crippen molar-refractivity contribution in [3.63, 3.8) is 0 Å². The highest BCUT2D eigenvalue weighted by atomic mass is 16.6. The Balaban J connectivity index is 2.44. The monoisotopic (exact) mass is 401 g/mol. The number of carbonyl (C=O) groups is 2. The van der Waals surface area contributed by atoms with Gasteiger partial charge in [-0.15, -0.1) is 0 Å². The van der Waals surface area contributed by atoms with Gasteiger partial charge < -0.3 is 23.8 Å². The van der Waals surface area contributed by atoms with Gasteiger partial charge in [0.15, 0.2) is 11.5 Å². The van der Waals surface area contributed by atoms with Crippen LogP contribution in [0.15, 0.2) is 42.5 Å². The molecule has 2 aromatic carbocycles. The Morgan fingerprint density at radius 2 is 1.48 bits per heavy atom. The Hall–Kier alpha value is -3.22. The summed E-state index contributed by atoms with van der Waals surface area (Å²) in [5.41, 5.74) is 0.732. The highest BCUT2D eigenvalue weighted by Gasteiger charge is 2.31. The lowest BCUT2D eigenvalue weighted by Crippen LogP contribution is -2.36. The normalized spacial score (nSPS) is 11.3. The van der Waals surface area contributed by atoms with Gasteiger partial charge in [-0.05, 0) is 26.0 Å². The Morgan fingerprint density at radius 1 is 0.862 bits per heavy atom. The number of rotatable bonds is 9. The van der Waals surface area contributed by atoms with Crippen molar-refractivity contribution in [1.82, 2.24) is 4.90 Å². The molecule has 0 radical (unpaired) electrons. The van der Waals surface area contributed by atoms with Crippen LogP contribution in [-0.2, 0) is 9.53 Å². The van der Waals surface area contributed by atoms with E-state index in [0.717, 1.165) is 0 Å². The number of nitrogens with zero attached hydrogens (tertiary/aromatic N) is 1. The van der Waals surface area contributed by atoms with Crippen LogP contribution in [0.3, 0.4) is 0 Å². The van der Waals surface area contributed by atoms with E-state index in [2.05, 4.69) is 0 Å². The lowest BCUT2D eigenvalue weighted by atomic mass is 10.1. The van der Waals surface area contributed by atoms with Crippen LogP contribution in [0.25, 0.3) is 0 Å². The molecule has 2 rings (SSSR count). The van der Waals surface area contributed by atoms with Gasteiger partial charge in [-0.3, -0.25) is 4.79 Å². The smallest absolute Gasteiger partial charge is 0.343 e. The molecule has 0 aromatic heterocycles. The third kappa shape index (κ3) is 4.80. The zero-order chi connectivity index (χ0) is 21.4. The average molecular weight is 401 g/mol. The van der Waals surface area contributed by atoms with Crippen LogP contribution in [0.1, 0.15) is 35.9 Å². The first-order chi connectivity index (χ1) is 14.0. The number of ether oxygens (including phenoxy) is 4. The first kappa shape index (κ1) is 22.1. The number of carbonyl (C=O) groups excluding carboxylic acids is 2. The molecule has 7 nitrogen and oxygen atoms in total. The van der Waals surface area contributed by atoms with Crippen LogP contribution in [0.4, 0.5) is 0 Å². The fraction of sp³-hybridized carbons (Fsp3) is 0.364. The number of benzene rings is 2. The first-order valence-electron chi connectivity index (χ1n) is 9.35. The second-order valence-electron chi connectivity index (χ2n) is 6.09. The Bertz CT molecular complexity index is 833. The maximum atomic E-state index is 13.0. The molecular formula is C22H27NO6. The van der Waals surface area contributed by atoms with Gasteiger partial charge in [0, 0.05) is 18.7 Å². The summed E-state index contributed by atoms with van der Waals surface area (Å²) in [4.78, 5) is 27.7. The van der Waals surface area contributed by atoms with Crippen molar-refractivity contribution < 1.29 is 28.5 Å². The maximum absolute atomic E-state index is 13.0. The van der Waals surface area contributed by atoms with Crippen molar-refractivity contribution in [2.45, 2.75) is 20.0 Å². The molecule has 0 bridgehead atoms. The predicted molar refractivity (Wildman–Crippen MR) is 109 cm³/mol. The second-order valence-corrected chi connectivity index (χ2v) is 6.09. The molecule has 0 aliphatic heterocycles. The SMILES string of the molecule is CCN(CC)C(=O)[C@@H](OC(=O)c1ccc(OC)c(OC)c1OC)c1ccccc1. The van der Waals surface area contributed by atoms with Crippen LogP contribution < -0.4 is 14.2 Å². The van der Waals surface area contributed by atoms with Crippen LogP contribution in [0.2, 0.25) is 0 Å². The summed E-state index contributed by atoms with van der Waals surface area (Å²) < 4.78 is 21.6. The summed E-state index contributed by atoms with van der Waals surface area (Å²) in [6, 6.07) is 12.0. The van der Waals surface area contributed by atoms with Crippen LogP contribution in [-0.4, -0.2) is 51.2 Å². The van der Waals surface area contributed by atoms with Crippen molar-refractivity contribution in [2.75, 3.05) is 34.4 Å². The standard InChI is InChI=1S/C22H27NO6/c1-6-23(7-2)21(24)18(15-11-9-8-10-12-15)29-22(25)16-13-14-17(26-3)20(28-5)19(16)27-4/h8-14,18H,6-7H2,1-5H3/t18-/m0/s1. The van der Waals surface area contributed by atoms with E-state index in [-0.39, 0.29) is 23.0 Å². The van der Waals surface area contributed by atoms with Gasteiger partial charge in [0.2, 0.25) is 11.9 Å². The average Bonchev–Trinajstić information content (AvgIpc) is 2.77. The van der Waals surface area contributed by atoms with Gasteiger partial charge >= 0.3 is 5.97 Å². The quantitative estimate of drug-likeness (QED) is 0.599. The van der Waals surface area contributed by atoms with Crippen molar-refractivity contribution >= 4 is 11.9 Å². The summed E-state index contributed by atoms with van der Waals surface area (Å²) in [5, 5.41) is 0. The van der Waals surface area contributed by atoms with E-state index in [1.165, 1.54) is 27.4 Å². The largest absolute Gasteiger partial charge is 0.493 e. The summed E-state index contributed by atoms with van der Waals surface area (Å²) >= 11 is 0. The fourth-order valence-corrected chi connectivity index (χ4v) is 3.02. The zero-order valence-corrected chi connectivity index (χ0v) is 17.4. The zero-order valence-electron chi connectivity index (χ0n) is 17.4. The number of hydrogen-bond acceptors (Lipinski definition) is 6. The van der Waals surface area contributed by atoms with Gasteiger partial charge in [-0.2, -0.15) is 0 Å². The van der Waals surface area contributed by atoms with Gasteiger partial charge in [-0.25, -0.2) is 4.79 Å². The summed E-state index contributed by atoms with van der Waals surface area (Å²) in [5.74, 6) is -0.111. The molecule has 156 valence electrons. The lowest BCUT2D eigenvalue weighted by Gasteiger charge is -2.25. The minimum absolute atomic E-state index is 0.137. The molecule has 29 heavy (non-hydrogen) atoms. The molecule has 0 heterocycles. The molecule has 0 aliphatic carbocycles. The van der Waals surface area contributed by atoms with Crippen LogP contribution >= 0.6 is 0 Å². The van der Waals surface area contributed by atoms with E-state index >= 15 is 0 Å². The number of hydrogen-bond donors (Lipinski definition) is 0. The van der Waals surface area contributed by atoms with E-state index in [1.807, 2.05) is 19.9 Å². The van der Waals surface area contributed by atoms with E-state index in [1.54, 1.807) is 35.2 Å². The minimum atomic E-state index is -1.07. The van der Waals surface area contributed by atoms with Crippen molar-refractivity contribution in [2.24, 2.45) is 0 Å². The van der Waals surface area contributed by atoms with Gasteiger partial charge in [0.05, 0.1) is 21.3 Å². The molecule has 0 aliphatic rings. The molecule has 0 saturated carbocycles. The second kappa shape index (κ2) is 10.4. The first-order valence-corrected chi connectivity index (χ1v) is 9.35. The van der Waals surface area contributed by atoms with Crippen LogP contribution in [0, 0.1) is 0 Å². The Kier molecular flexibility index (Phi) is 7.88. The van der Waals surface area contributed by atoms with Gasteiger partial charge in [-0.1, -0.05) is 30.3 Å². The van der Waals surface area contributed by atoms with E-state index in [4.69, 9.17) is 18.9 Å². The maximum Gasteiger partial charge on any atom is 0.343 e. The molecule has 1 atom stereocenters. The molecule has 0 N–H and O–H groups in total. The molecule has 7 heteroatoms. The van der Waals surface area contributed by atoms with E-state index in [9.17, 15) is 9.59 Å². The molecule has 2 aromatic rings. The summed E-state index contributed by atoms with van der Waals surface area (Å²) in [7, 11) is 4.36. The molecule has 1 amide bonds. The van der Waals surface area contributed by atoms with E-state index < -0.39 is 12.1 Å². The highest BCUT2D eigenvalue weighted by molar-refractivity contribution is 5.96. The molecular weight excluding hydrogens is 374 g/mol. The van der Waals surface area contributed by atoms with Gasteiger partial charge in [0.25, 0.3) is 5.91 Å². The Morgan fingerprint density at radius 3 is 2.00 bits per heavy atom. The highest BCUT2D eigenvalue weighted by Crippen LogP contribution is 2.40. The summed E-state index contributed by atoms with van der Waals surface area (Å²) in [6.45, 7) is 4.77. The molecule has 0 spiro atoms. The van der Waals surface area contributed by atoms with Crippen LogP contribution in [0.5, 0.6) is 17.2 Å². The van der Waals surface area contributed by atoms with Crippen molar-refractivity contribution in [3.05, 3.63) is 53.6 Å². The summed E-state index contributed by atoms with van der Waals surface area (Å²) in [6.07, 6.45) is -1.07. The lowest BCUT2D eigenvalue weighted by molar-refractivity contribution is -0.140.